The van der Waals surface area contributed by atoms with Crippen molar-refractivity contribution in [2.45, 2.75) is 19.9 Å². The van der Waals surface area contributed by atoms with Crippen molar-refractivity contribution in [1.82, 2.24) is 9.97 Å². The third-order valence-corrected chi connectivity index (χ3v) is 3.24. The quantitative estimate of drug-likeness (QED) is 0.830. The fourth-order valence-corrected chi connectivity index (χ4v) is 2.26. The first-order valence-electron chi connectivity index (χ1n) is 6.44. The summed E-state index contributed by atoms with van der Waals surface area (Å²) < 4.78 is 0. The molecule has 0 radical (unpaired) electrons. The molecule has 0 spiro atoms. The van der Waals surface area contributed by atoms with Gasteiger partial charge in [-0.05, 0) is 24.1 Å². The van der Waals surface area contributed by atoms with Gasteiger partial charge < -0.3 is 15.6 Å². The van der Waals surface area contributed by atoms with Gasteiger partial charge in [-0.15, -0.1) is 0 Å². The lowest BCUT2D eigenvalue weighted by atomic mass is 10.2. The Morgan fingerprint density at radius 1 is 1.45 bits per heavy atom. The van der Waals surface area contributed by atoms with Gasteiger partial charge in [0.1, 0.15) is 5.02 Å². The van der Waals surface area contributed by atoms with Gasteiger partial charge in [-0.1, -0.05) is 30.7 Å². The van der Waals surface area contributed by atoms with E-state index in [2.05, 4.69) is 16.9 Å². The summed E-state index contributed by atoms with van der Waals surface area (Å²) in [7, 11) is 0. The van der Waals surface area contributed by atoms with Crippen LogP contribution in [0.15, 0.2) is 35.4 Å². The third-order valence-electron chi connectivity index (χ3n) is 2.90. The molecule has 0 amide bonds. The summed E-state index contributed by atoms with van der Waals surface area (Å²) in [6.45, 7) is 3.42. The van der Waals surface area contributed by atoms with Gasteiger partial charge in [0.2, 0.25) is 0 Å². The van der Waals surface area contributed by atoms with Gasteiger partial charge in [0.05, 0.1) is 6.33 Å². The SMILES string of the molecule is CCCN(Cc1cccc(N)c1)c1nc[nH]c(=O)c1Cl. The van der Waals surface area contributed by atoms with Crippen molar-refractivity contribution < 1.29 is 0 Å². The number of hydrogen-bond donors (Lipinski definition) is 2. The molecule has 106 valence electrons. The number of nitrogen functional groups attached to an aromatic ring is 1. The standard InChI is InChI=1S/C14H17ClN4O/c1-2-6-19(8-10-4-3-5-11(16)7-10)13-12(15)14(20)18-9-17-13/h3-5,7,9H,2,6,8,16H2,1H3,(H,17,18,20). The largest absolute Gasteiger partial charge is 0.399 e. The Bertz CT molecular complexity index is 641. The predicted octanol–water partition coefficient (Wildman–Crippen LogP) is 2.42. The lowest BCUT2D eigenvalue weighted by Gasteiger charge is -2.23. The van der Waals surface area contributed by atoms with E-state index in [1.165, 1.54) is 6.33 Å². The fraction of sp³-hybridized carbons (Fsp3) is 0.286. The van der Waals surface area contributed by atoms with Gasteiger partial charge in [0.15, 0.2) is 5.82 Å². The summed E-state index contributed by atoms with van der Waals surface area (Å²) in [6.07, 6.45) is 2.29. The van der Waals surface area contributed by atoms with E-state index in [0.717, 1.165) is 18.5 Å². The number of aromatic nitrogens is 2. The smallest absolute Gasteiger partial charge is 0.271 e. The number of benzene rings is 1. The molecule has 0 aliphatic carbocycles. The zero-order chi connectivity index (χ0) is 14.5. The van der Waals surface area contributed by atoms with Gasteiger partial charge in [0, 0.05) is 18.8 Å². The molecular formula is C14H17ClN4O. The molecule has 0 bridgehead atoms. The first-order valence-corrected chi connectivity index (χ1v) is 6.82. The van der Waals surface area contributed by atoms with E-state index in [0.29, 0.717) is 18.1 Å². The molecule has 2 aromatic rings. The number of nitrogens with zero attached hydrogens (tertiary/aromatic N) is 2. The fourth-order valence-electron chi connectivity index (χ4n) is 2.04. The molecule has 0 aliphatic heterocycles. The number of nitrogens with one attached hydrogen (secondary N) is 1. The van der Waals surface area contributed by atoms with Crippen LogP contribution in [0.4, 0.5) is 11.5 Å². The maximum Gasteiger partial charge on any atom is 0.271 e. The molecule has 0 aliphatic rings. The molecule has 3 N–H and O–H groups in total. The lowest BCUT2D eigenvalue weighted by Crippen LogP contribution is -2.27. The molecule has 0 saturated carbocycles. The number of halogens is 1. The summed E-state index contributed by atoms with van der Waals surface area (Å²) in [6, 6.07) is 7.64. The molecule has 1 heterocycles. The van der Waals surface area contributed by atoms with Crippen molar-refractivity contribution in [2.75, 3.05) is 17.2 Å². The van der Waals surface area contributed by atoms with Gasteiger partial charge in [0.25, 0.3) is 5.56 Å². The first kappa shape index (κ1) is 14.4. The van der Waals surface area contributed by atoms with E-state index in [-0.39, 0.29) is 10.6 Å². The lowest BCUT2D eigenvalue weighted by molar-refractivity contribution is 0.751. The summed E-state index contributed by atoms with van der Waals surface area (Å²) in [4.78, 5) is 20.2. The maximum absolute atomic E-state index is 11.6. The van der Waals surface area contributed by atoms with E-state index >= 15 is 0 Å². The average Bonchev–Trinajstić information content (AvgIpc) is 2.42. The molecule has 6 heteroatoms. The van der Waals surface area contributed by atoms with Gasteiger partial charge in [-0.3, -0.25) is 4.79 Å². The van der Waals surface area contributed by atoms with E-state index in [9.17, 15) is 4.79 Å². The highest BCUT2D eigenvalue weighted by molar-refractivity contribution is 6.32. The molecule has 0 atom stereocenters. The van der Waals surface area contributed by atoms with E-state index in [4.69, 9.17) is 17.3 Å². The van der Waals surface area contributed by atoms with Crippen LogP contribution >= 0.6 is 11.6 Å². The Morgan fingerprint density at radius 2 is 2.25 bits per heavy atom. The topological polar surface area (TPSA) is 75.0 Å². The minimum atomic E-state index is -0.328. The van der Waals surface area contributed by atoms with Crippen LogP contribution in [-0.4, -0.2) is 16.5 Å². The molecule has 0 saturated heterocycles. The highest BCUT2D eigenvalue weighted by atomic mass is 35.5. The monoisotopic (exact) mass is 292 g/mol. The first-order chi connectivity index (χ1) is 9.61. The van der Waals surface area contributed by atoms with Gasteiger partial charge in [-0.2, -0.15) is 0 Å². The molecule has 5 nitrogen and oxygen atoms in total. The molecule has 0 unspecified atom stereocenters. The van der Waals surface area contributed by atoms with Crippen molar-refractivity contribution in [2.24, 2.45) is 0 Å². The number of rotatable bonds is 5. The number of nitrogens with two attached hydrogens (primary N) is 1. The number of aromatic amines is 1. The molecule has 0 fully saturated rings. The van der Waals surface area contributed by atoms with Crippen molar-refractivity contribution in [3.05, 3.63) is 51.5 Å². The van der Waals surface area contributed by atoms with Crippen molar-refractivity contribution >= 4 is 23.1 Å². The second-order valence-electron chi connectivity index (χ2n) is 4.54. The Labute approximate surface area is 122 Å². The van der Waals surface area contributed by atoms with E-state index in [1.807, 2.05) is 29.2 Å². The zero-order valence-electron chi connectivity index (χ0n) is 11.3. The number of H-pyrrole nitrogens is 1. The van der Waals surface area contributed by atoms with Crippen molar-refractivity contribution in [3.8, 4) is 0 Å². The molecule has 20 heavy (non-hydrogen) atoms. The Hall–Kier alpha value is -2.01. The molecule has 2 rings (SSSR count). The highest BCUT2D eigenvalue weighted by Crippen LogP contribution is 2.21. The average molecular weight is 293 g/mol. The minimum absolute atomic E-state index is 0.116. The second-order valence-corrected chi connectivity index (χ2v) is 4.91. The highest BCUT2D eigenvalue weighted by Gasteiger charge is 2.14. The van der Waals surface area contributed by atoms with Crippen LogP contribution in [0.25, 0.3) is 0 Å². The maximum atomic E-state index is 11.6. The van der Waals surface area contributed by atoms with Crippen LogP contribution in [0.1, 0.15) is 18.9 Å². The van der Waals surface area contributed by atoms with Crippen LogP contribution in [0.5, 0.6) is 0 Å². The molecular weight excluding hydrogens is 276 g/mol. The van der Waals surface area contributed by atoms with E-state index in [1.54, 1.807) is 0 Å². The normalized spacial score (nSPS) is 10.5. The van der Waals surface area contributed by atoms with Crippen LogP contribution in [0, 0.1) is 0 Å². The molecule has 1 aromatic heterocycles. The second kappa shape index (κ2) is 6.43. The Kier molecular flexibility index (Phi) is 4.63. The zero-order valence-corrected chi connectivity index (χ0v) is 12.0. The van der Waals surface area contributed by atoms with Crippen molar-refractivity contribution in [3.63, 3.8) is 0 Å². The van der Waals surface area contributed by atoms with Crippen molar-refractivity contribution in [1.29, 1.82) is 0 Å². The number of hydrogen-bond acceptors (Lipinski definition) is 4. The van der Waals surface area contributed by atoms with Crippen LogP contribution in [-0.2, 0) is 6.54 Å². The number of anilines is 2. The Morgan fingerprint density at radius 3 is 2.95 bits per heavy atom. The summed E-state index contributed by atoms with van der Waals surface area (Å²) >= 11 is 6.05. The molecule has 1 aromatic carbocycles. The summed E-state index contributed by atoms with van der Waals surface area (Å²) in [5, 5.41) is 0.116. The predicted molar refractivity (Wildman–Crippen MR) is 82.1 cm³/mol. The summed E-state index contributed by atoms with van der Waals surface area (Å²) in [5.41, 5.74) is 7.22. The van der Waals surface area contributed by atoms with Crippen LogP contribution in [0.3, 0.4) is 0 Å². The summed E-state index contributed by atoms with van der Waals surface area (Å²) in [5.74, 6) is 0.500. The van der Waals surface area contributed by atoms with Crippen LogP contribution in [0.2, 0.25) is 5.02 Å². The van der Waals surface area contributed by atoms with Crippen LogP contribution < -0.4 is 16.2 Å². The minimum Gasteiger partial charge on any atom is -0.399 e. The van der Waals surface area contributed by atoms with E-state index < -0.39 is 0 Å². The van der Waals surface area contributed by atoms with Gasteiger partial charge >= 0.3 is 0 Å². The van der Waals surface area contributed by atoms with Gasteiger partial charge in [-0.25, -0.2) is 4.98 Å². The Balaban J connectivity index is 2.31. The third kappa shape index (κ3) is 3.30.